The minimum Gasteiger partial charge on any atom is -0.457 e. The number of imidazole rings is 1. The number of hydrogen-bond donors (Lipinski definition) is 2. The van der Waals surface area contributed by atoms with Gasteiger partial charge in [-0.3, -0.25) is 9.98 Å². The molecule has 2 aromatic heterocycles. The van der Waals surface area contributed by atoms with Crippen molar-refractivity contribution in [3.63, 3.8) is 0 Å². The van der Waals surface area contributed by atoms with E-state index in [2.05, 4.69) is 25.6 Å². The summed E-state index contributed by atoms with van der Waals surface area (Å²) in [4.78, 5) is 12.4. The normalized spacial score (nSPS) is 15.9. The molecule has 0 radical (unpaired) electrons. The molecule has 1 aliphatic rings. The third kappa shape index (κ3) is 5.19. The van der Waals surface area contributed by atoms with Crippen LogP contribution in [0, 0.1) is 0 Å². The number of halogens is 7. The molecule has 2 aromatic carbocycles. The van der Waals surface area contributed by atoms with E-state index in [1.54, 1.807) is 29.8 Å². The van der Waals surface area contributed by atoms with Crippen LogP contribution in [0.1, 0.15) is 11.3 Å². The number of ether oxygens (including phenoxy) is 1. The zero-order valence-electron chi connectivity index (χ0n) is 19.3. The molecule has 0 saturated heterocycles. The lowest BCUT2D eigenvalue weighted by molar-refractivity contribution is -0.147. The molecule has 7 nitrogen and oxygen atoms in total. The smallest absolute Gasteiger partial charge is 0.416 e. The quantitative estimate of drug-likeness (QED) is 0.277. The van der Waals surface area contributed by atoms with Crippen molar-refractivity contribution >= 4 is 40.1 Å². The van der Waals surface area contributed by atoms with Crippen molar-refractivity contribution in [3.05, 3.63) is 71.0 Å². The van der Waals surface area contributed by atoms with Crippen molar-refractivity contribution in [3.8, 4) is 11.5 Å². The van der Waals surface area contributed by atoms with E-state index in [9.17, 15) is 26.3 Å². The zero-order valence-corrected chi connectivity index (χ0v) is 20.1. The van der Waals surface area contributed by atoms with Gasteiger partial charge in [-0.1, -0.05) is 11.6 Å². The van der Waals surface area contributed by atoms with Crippen LogP contribution in [0.15, 0.2) is 59.7 Å². The average Bonchev–Trinajstić information content (AvgIpc) is 3.46. The van der Waals surface area contributed by atoms with Crippen molar-refractivity contribution in [1.29, 1.82) is 0 Å². The molecule has 0 aliphatic carbocycles. The number of amidine groups is 1. The highest BCUT2D eigenvalue weighted by molar-refractivity contribution is 6.33. The van der Waals surface area contributed by atoms with Gasteiger partial charge in [0.25, 0.3) is 0 Å². The third-order valence-electron chi connectivity index (χ3n) is 5.74. The number of fused-ring (bicyclic) bond motifs is 1. The first-order valence-corrected chi connectivity index (χ1v) is 11.4. The second-order valence-corrected chi connectivity index (χ2v) is 8.78. The van der Waals surface area contributed by atoms with E-state index in [0.29, 0.717) is 22.5 Å². The second kappa shape index (κ2) is 9.39. The Morgan fingerprint density at radius 1 is 1.03 bits per heavy atom. The molecule has 4 aromatic rings. The number of rotatable bonds is 5. The van der Waals surface area contributed by atoms with E-state index >= 15 is 0 Å². The number of nitrogens with one attached hydrogen (secondary N) is 2. The fourth-order valence-electron chi connectivity index (χ4n) is 3.79. The van der Waals surface area contributed by atoms with Crippen LogP contribution >= 0.6 is 11.6 Å². The summed E-state index contributed by atoms with van der Waals surface area (Å²) in [7, 11) is 1.68. The molecule has 1 unspecified atom stereocenters. The monoisotopic (exact) mass is 554 g/mol. The average molecular weight is 555 g/mol. The highest BCUT2D eigenvalue weighted by Crippen LogP contribution is 2.36. The van der Waals surface area contributed by atoms with Crippen LogP contribution in [0.2, 0.25) is 5.02 Å². The van der Waals surface area contributed by atoms with Crippen LogP contribution in [-0.2, 0) is 13.2 Å². The van der Waals surface area contributed by atoms with Crippen molar-refractivity contribution in [2.45, 2.75) is 18.4 Å². The number of benzene rings is 2. The molecule has 0 bridgehead atoms. The molecule has 5 rings (SSSR count). The van der Waals surface area contributed by atoms with Crippen molar-refractivity contribution < 1.29 is 31.1 Å². The van der Waals surface area contributed by atoms with Crippen molar-refractivity contribution in [1.82, 2.24) is 19.9 Å². The zero-order chi connectivity index (χ0) is 27.2. The minimum atomic E-state index is -4.53. The Labute approximate surface area is 216 Å². The molecule has 0 saturated carbocycles. The van der Waals surface area contributed by atoms with Gasteiger partial charge in [0, 0.05) is 25.4 Å². The molecule has 38 heavy (non-hydrogen) atoms. The number of aryl methyl sites for hydroxylation is 1. The lowest BCUT2D eigenvalue weighted by Gasteiger charge is -2.15. The van der Waals surface area contributed by atoms with E-state index < -0.39 is 30.5 Å². The van der Waals surface area contributed by atoms with Gasteiger partial charge in [0.2, 0.25) is 5.95 Å². The predicted molar refractivity (Wildman–Crippen MR) is 129 cm³/mol. The van der Waals surface area contributed by atoms with E-state index in [-0.39, 0.29) is 28.2 Å². The summed E-state index contributed by atoms with van der Waals surface area (Å²) in [5.74, 6) is 0.932. The topological polar surface area (TPSA) is 76.4 Å². The summed E-state index contributed by atoms with van der Waals surface area (Å²) < 4.78 is 85.7. The van der Waals surface area contributed by atoms with Gasteiger partial charge in [0.05, 0.1) is 33.9 Å². The maximum atomic E-state index is 13.1. The number of pyridine rings is 1. The summed E-state index contributed by atoms with van der Waals surface area (Å²) >= 11 is 6.09. The Morgan fingerprint density at radius 2 is 1.79 bits per heavy atom. The molecule has 1 aliphatic heterocycles. The largest absolute Gasteiger partial charge is 0.457 e. The Morgan fingerprint density at radius 3 is 2.50 bits per heavy atom. The van der Waals surface area contributed by atoms with Gasteiger partial charge in [-0.05, 0) is 36.4 Å². The number of anilines is 2. The summed E-state index contributed by atoms with van der Waals surface area (Å²) in [5.41, 5.74) is 0.499. The molecule has 198 valence electrons. The third-order valence-corrected chi connectivity index (χ3v) is 6.07. The van der Waals surface area contributed by atoms with Gasteiger partial charge in [-0.2, -0.15) is 26.3 Å². The fourth-order valence-corrected chi connectivity index (χ4v) is 3.96. The maximum Gasteiger partial charge on any atom is 0.416 e. The molecule has 3 heterocycles. The van der Waals surface area contributed by atoms with Crippen LogP contribution in [-0.4, -0.2) is 39.1 Å². The van der Waals surface area contributed by atoms with E-state index in [1.807, 2.05) is 0 Å². The van der Waals surface area contributed by atoms with Crippen LogP contribution in [0.3, 0.4) is 0 Å². The van der Waals surface area contributed by atoms with Gasteiger partial charge in [0.1, 0.15) is 29.1 Å². The molecule has 0 spiro atoms. The number of aromatic nitrogens is 3. The first-order valence-electron chi connectivity index (χ1n) is 11.0. The minimum absolute atomic E-state index is 0.0157. The van der Waals surface area contributed by atoms with Gasteiger partial charge in [-0.15, -0.1) is 0 Å². The van der Waals surface area contributed by atoms with Crippen LogP contribution < -0.4 is 15.4 Å². The number of alkyl halides is 6. The number of aliphatic imine (C=N–C) groups is 1. The van der Waals surface area contributed by atoms with Gasteiger partial charge in [0.15, 0.2) is 0 Å². The molecular weight excluding hydrogens is 538 g/mol. The van der Waals surface area contributed by atoms with Crippen molar-refractivity contribution in [2.75, 3.05) is 11.9 Å². The molecule has 1 atom stereocenters. The molecule has 0 amide bonds. The Balaban J connectivity index is 1.36. The van der Waals surface area contributed by atoms with Crippen LogP contribution in [0.4, 0.5) is 38.0 Å². The summed E-state index contributed by atoms with van der Waals surface area (Å²) in [6.45, 7) is -0.440. The summed E-state index contributed by atoms with van der Waals surface area (Å²) in [6.07, 6.45) is -7.58. The standard InChI is InChI=1S/C24H17ClF6N6O/c1-37-19-5-3-13(38-14-6-7-32-18(10-14)21-33-11-20(36-21)24(29,30)31)9-17(19)35-22(37)34-16-8-12(23(26,27)28)2-4-15(16)25/h2-10,20H,11H2,1H3,(H,33,36)(H,34,35). The first-order chi connectivity index (χ1) is 17.9. The highest BCUT2D eigenvalue weighted by Gasteiger charge is 2.42. The van der Waals surface area contributed by atoms with Crippen molar-refractivity contribution in [2.24, 2.45) is 12.0 Å². The first kappa shape index (κ1) is 25.6. The van der Waals surface area contributed by atoms with E-state index in [1.165, 1.54) is 18.3 Å². The van der Waals surface area contributed by atoms with E-state index in [4.69, 9.17) is 16.3 Å². The SMILES string of the molecule is Cn1c(Nc2cc(C(F)(F)F)ccc2Cl)nc2cc(Oc3ccnc(C4=NCC(C(F)(F)F)N4)c3)ccc21. The Kier molecular flexibility index (Phi) is 6.33. The van der Waals surface area contributed by atoms with Gasteiger partial charge in [-0.25, -0.2) is 4.98 Å². The van der Waals surface area contributed by atoms with Crippen LogP contribution in [0.5, 0.6) is 11.5 Å². The summed E-state index contributed by atoms with van der Waals surface area (Å²) in [5, 5.41) is 5.25. The van der Waals surface area contributed by atoms with Gasteiger partial charge < -0.3 is 19.9 Å². The van der Waals surface area contributed by atoms with Crippen LogP contribution in [0.25, 0.3) is 11.0 Å². The summed E-state index contributed by atoms with van der Waals surface area (Å²) in [6, 6.07) is 9.12. The number of nitrogens with zero attached hydrogens (tertiary/aromatic N) is 4. The number of hydrogen-bond acceptors (Lipinski definition) is 6. The van der Waals surface area contributed by atoms with Gasteiger partial charge >= 0.3 is 12.4 Å². The Bertz CT molecular complexity index is 1550. The maximum absolute atomic E-state index is 13.1. The molecule has 2 N–H and O–H groups in total. The van der Waals surface area contributed by atoms with E-state index in [0.717, 1.165) is 18.2 Å². The lowest BCUT2D eigenvalue weighted by Crippen LogP contribution is -2.42. The lowest BCUT2D eigenvalue weighted by atomic mass is 10.2. The molecule has 14 heteroatoms. The molecular formula is C24H17ClF6N6O. The second-order valence-electron chi connectivity index (χ2n) is 8.37. The predicted octanol–water partition coefficient (Wildman–Crippen LogP) is 6.46. The Hall–Kier alpha value is -4.00. The highest BCUT2D eigenvalue weighted by atomic mass is 35.5. The molecule has 0 fully saturated rings. The fraction of sp³-hybridized carbons (Fsp3) is 0.208.